The molecule has 2 rings (SSSR count). The Labute approximate surface area is 143 Å². The van der Waals surface area contributed by atoms with Crippen LogP contribution in [0.15, 0.2) is 12.1 Å². The highest BCUT2D eigenvalue weighted by atomic mass is 16.5. The van der Waals surface area contributed by atoms with E-state index in [0.717, 1.165) is 36.5 Å². The molecule has 1 atom stereocenters. The number of unbranched alkanes of at least 4 members (excludes halogenated alkanes) is 2. The van der Waals surface area contributed by atoms with Gasteiger partial charge in [-0.05, 0) is 56.2 Å². The van der Waals surface area contributed by atoms with Gasteiger partial charge in [0.1, 0.15) is 11.5 Å². The highest BCUT2D eigenvalue weighted by Gasteiger charge is 2.19. The van der Waals surface area contributed by atoms with Crippen LogP contribution in [-0.4, -0.2) is 11.2 Å². The lowest BCUT2D eigenvalue weighted by Crippen LogP contribution is -2.19. The second kappa shape index (κ2) is 10.6. The van der Waals surface area contributed by atoms with Gasteiger partial charge in [0.2, 0.25) is 0 Å². The maximum Gasteiger partial charge on any atom is 0.126 e. The predicted octanol–water partition coefficient (Wildman–Crippen LogP) is 6.28. The van der Waals surface area contributed by atoms with Crippen molar-refractivity contribution < 1.29 is 9.84 Å². The Morgan fingerprint density at radius 2 is 1.91 bits per heavy atom. The van der Waals surface area contributed by atoms with Gasteiger partial charge in [-0.3, -0.25) is 0 Å². The first-order valence-corrected chi connectivity index (χ1v) is 9.49. The summed E-state index contributed by atoms with van der Waals surface area (Å²) >= 11 is 0. The molecule has 0 radical (unpaired) electrons. The van der Waals surface area contributed by atoms with Gasteiger partial charge in [-0.25, -0.2) is 0 Å². The van der Waals surface area contributed by atoms with E-state index >= 15 is 0 Å². The summed E-state index contributed by atoms with van der Waals surface area (Å²) in [6, 6.07) is 4.02. The molecule has 1 aliphatic heterocycles. The summed E-state index contributed by atoms with van der Waals surface area (Å²) in [6.45, 7) is 11.0. The lowest BCUT2D eigenvalue weighted by Gasteiger charge is -2.24. The van der Waals surface area contributed by atoms with Crippen LogP contribution in [0.2, 0.25) is 0 Å². The molecule has 1 aliphatic rings. The molecule has 0 saturated heterocycles. The Hall–Kier alpha value is -1.18. The summed E-state index contributed by atoms with van der Waals surface area (Å²) in [5.74, 6) is 2.21. The number of fused-ring (bicyclic) bond motifs is 1. The van der Waals surface area contributed by atoms with Gasteiger partial charge in [0, 0.05) is 5.56 Å². The minimum atomic E-state index is 0.271. The van der Waals surface area contributed by atoms with Crippen molar-refractivity contribution in [2.75, 3.05) is 0 Å². The van der Waals surface area contributed by atoms with Gasteiger partial charge in [0.15, 0.2) is 0 Å². The number of hydrogen-bond acceptors (Lipinski definition) is 2. The second-order valence-electron chi connectivity index (χ2n) is 7.20. The SMILES string of the molecule is CCCC(C)C.CCCCCc1cc(O)c2c(c1)OC(C)CC2. The molecule has 0 saturated carbocycles. The van der Waals surface area contributed by atoms with E-state index in [1.165, 1.54) is 37.7 Å². The highest BCUT2D eigenvalue weighted by molar-refractivity contribution is 5.48. The Balaban J connectivity index is 0.000000379. The van der Waals surface area contributed by atoms with Gasteiger partial charge >= 0.3 is 0 Å². The van der Waals surface area contributed by atoms with Crippen LogP contribution in [0.5, 0.6) is 11.5 Å². The smallest absolute Gasteiger partial charge is 0.126 e. The lowest BCUT2D eigenvalue weighted by molar-refractivity contribution is 0.190. The van der Waals surface area contributed by atoms with E-state index < -0.39 is 0 Å². The van der Waals surface area contributed by atoms with Crippen LogP contribution < -0.4 is 4.74 Å². The van der Waals surface area contributed by atoms with Crippen molar-refractivity contribution in [2.45, 2.75) is 92.1 Å². The molecule has 1 aromatic rings. The molecule has 0 aromatic heterocycles. The minimum Gasteiger partial charge on any atom is -0.508 e. The van der Waals surface area contributed by atoms with Gasteiger partial charge in [-0.2, -0.15) is 0 Å². The monoisotopic (exact) mass is 320 g/mol. The molecule has 23 heavy (non-hydrogen) atoms. The number of phenolic OH excluding ortho intramolecular Hbond substituents is 1. The first-order chi connectivity index (χ1) is 11.0. The maximum absolute atomic E-state index is 10.00. The van der Waals surface area contributed by atoms with E-state index in [0.29, 0.717) is 5.75 Å². The number of hydrogen-bond donors (Lipinski definition) is 1. The molecule has 0 amide bonds. The van der Waals surface area contributed by atoms with Crippen LogP contribution in [0.4, 0.5) is 0 Å². The van der Waals surface area contributed by atoms with Crippen molar-refractivity contribution in [3.63, 3.8) is 0 Å². The van der Waals surface area contributed by atoms with E-state index in [4.69, 9.17) is 4.74 Å². The lowest BCUT2D eigenvalue weighted by atomic mass is 9.98. The molecule has 132 valence electrons. The standard InChI is InChI=1S/C15H22O2.C6H14/c1-3-4-5-6-12-9-14(16)13-8-7-11(2)17-15(13)10-12;1-4-5-6(2)3/h9-11,16H,3-8H2,1-2H3;6H,4-5H2,1-3H3. The van der Waals surface area contributed by atoms with Crippen molar-refractivity contribution >= 4 is 0 Å². The molecule has 0 aliphatic carbocycles. The molecule has 1 aromatic carbocycles. The van der Waals surface area contributed by atoms with Gasteiger partial charge in [-0.15, -0.1) is 0 Å². The van der Waals surface area contributed by atoms with Crippen LogP contribution >= 0.6 is 0 Å². The summed E-state index contributed by atoms with van der Waals surface area (Å²) in [7, 11) is 0. The summed E-state index contributed by atoms with van der Waals surface area (Å²) in [5.41, 5.74) is 2.19. The first-order valence-electron chi connectivity index (χ1n) is 9.49. The van der Waals surface area contributed by atoms with Crippen LogP contribution in [-0.2, 0) is 12.8 Å². The van der Waals surface area contributed by atoms with Crippen LogP contribution in [0, 0.1) is 5.92 Å². The summed E-state index contributed by atoms with van der Waals surface area (Å²) in [6.07, 6.45) is 9.59. The van der Waals surface area contributed by atoms with Crippen LogP contribution in [0.1, 0.15) is 84.3 Å². The molecular weight excluding hydrogens is 284 g/mol. The average Bonchev–Trinajstić information content (AvgIpc) is 2.47. The second-order valence-corrected chi connectivity index (χ2v) is 7.20. The fraction of sp³-hybridized carbons (Fsp3) is 0.714. The van der Waals surface area contributed by atoms with Crippen LogP contribution in [0.25, 0.3) is 0 Å². The third-order valence-corrected chi connectivity index (χ3v) is 4.31. The summed E-state index contributed by atoms with van der Waals surface area (Å²) < 4.78 is 5.80. The van der Waals surface area contributed by atoms with Crippen molar-refractivity contribution in [3.05, 3.63) is 23.3 Å². The third-order valence-electron chi connectivity index (χ3n) is 4.31. The molecule has 2 heteroatoms. The van der Waals surface area contributed by atoms with Gasteiger partial charge in [0.05, 0.1) is 6.10 Å². The quantitative estimate of drug-likeness (QED) is 0.625. The summed E-state index contributed by atoms with van der Waals surface area (Å²) in [4.78, 5) is 0. The number of aromatic hydroxyl groups is 1. The zero-order valence-corrected chi connectivity index (χ0v) is 15.8. The molecule has 0 spiro atoms. The largest absolute Gasteiger partial charge is 0.508 e. The van der Waals surface area contributed by atoms with E-state index in [-0.39, 0.29) is 6.10 Å². The maximum atomic E-state index is 10.00. The topological polar surface area (TPSA) is 29.5 Å². The molecule has 2 nitrogen and oxygen atoms in total. The number of phenols is 1. The Kier molecular flexibility index (Phi) is 9.13. The van der Waals surface area contributed by atoms with E-state index in [2.05, 4.69) is 40.7 Å². The van der Waals surface area contributed by atoms with Crippen LogP contribution in [0.3, 0.4) is 0 Å². The van der Waals surface area contributed by atoms with Crippen molar-refractivity contribution in [2.24, 2.45) is 5.92 Å². The Morgan fingerprint density at radius 1 is 1.17 bits per heavy atom. The van der Waals surface area contributed by atoms with E-state index in [1.54, 1.807) is 0 Å². The molecular formula is C21H36O2. The number of benzene rings is 1. The summed E-state index contributed by atoms with van der Waals surface area (Å²) in [5, 5.41) is 10.00. The predicted molar refractivity (Wildman–Crippen MR) is 99.5 cm³/mol. The normalized spacial score (nSPS) is 16.3. The minimum absolute atomic E-state index is 0.271. The number of aryl methyl sites for hydroxylation is 1. The van der Waals surface area contributed by atoms with Gasteiger partial charge in [-0.1, -0.05) is 53.4 Å². The molecule has 1 N–H and O–H groups in total. The Morgan fingerprint density at radius 3 is 2.48 bits per heavy atom. The van der Waals surface area contributed by atoms with Gasteiger partial charge < -0.3 is 9.84 Å². The molecule has 1 unspecified atom stereocenters. The van der Waals surface area contributed by atoms with E-state index in [9.17, 15) is 5.11 Å². The highest BCUT2D eigenvalue weighted by Crippen LogP contribution is 2.35. The van der Waals surface area contributed by atoms with Crippen molar-refractivity contribution in [1.29, 1.82) is 0 Å². The third kappa shape index (κ3) is 7.28. The zero-order chi connectivity index (χ0) is 17.2. The average molecular weight is 321 g/mol. The molecule has 0 bridgehead atoms. The first kappa shape index (κ1) is 19.9. The zero-order valence-electron chi connectivity index (χ0n) is 15.8. The number of rotatable bonds is 6. The number of ether oxygens (including phenoxy) is 1. The van der Waals surface area contributed by atoms with E-state index in [1.807, 2.05) is 6.07 Å². The molecule has 1 heterocycles. The fourth-order valence-corrected chi connectivity index (χ4v) is 2.97. The van der Waals surface area contributed by atoms with Crippen molar-refractivity contribution in [3.8, 4) is 11.5 Å². The Bertz CT molecular complexity index is 451. The fourth-order valence-electron chi connectivity index (χ4n) is 2.97. The van der Waals surface area contributed by atoms with Gasteiger partial charge in [0.25, 0.3) is 0 Å². The van der Waals surface area contributed by atoms with Crippen molar-refractivity contribution in [1.82, 2.24) is 0 Å². The molecule has 0 fully saturated rings.